The van der Waals surface area contributed by atoms with E-state index in [1.54, 1.807) is 13.8 Å². The maximum absolute atomic E-state index is 12.4. The summed E-state index contributed by atoms with van der Waals surface area (Å²) in [6.07, 6.45) is -0.733. The maximum atomic E-state index is 12.4. The molecule has 0 saturated carbocycles. The standard InChI is InChI=1S/C18H18Cl2N2O7S/c1-9(2)22-30(27,28)15-7-11(3-4-14(15)23)29-18-12(19)5-10(6-13(18)20)21-16(24)8-17(25)26/h3-7,9,22-23H,8H2,1-2H3,(H,21,24)(H,25,26). The zero-order chi connectivity index (χ0) is 22.6. The van der Waals surface area contributed by atoms with Crippen molar-refractivity contribution in [2.24, 2.45) is 0 Å². The molecule has 9 nitrogen and oxygen atoms in total. The molecule has 0 aromatic heterocycles. The fourth-order valence-electron chi connectivity index (χ4n) is 2.34. The van der Waals surface area contributed by atoms with Gasteiger partial charge in [-0.15, -0.1) is 0 Å². The van der Waals surface area contributed by atoms with Gasteiger partial charge in [-0.2, -0.15) is 0 Å². The number of aromatic hydroxyl groups is 1. The van der Waals surface area contributed by atoms with Crippen molar-refractivity contribution >= 4 is 50.8 Å². The number of rotatable bonds is 8. The lowest BCUT2D eigenvalue weighted by Gasteiger charge is -2.14. The van der Waals surface area contributed by atoms with E-state index in [9.17, 15) is 23.1 Å². The molecule has 2 rings (SSSR count). The summed E-state index contributed by atoms with van der Waals surface area (Å²) in [5.74, 6) is -2.53. The number of nitrogens with one attached hydrogen (secondary N) is 2. The van der Waals surface area contributed by atoms with Crippen LogP contribution in [0.2, 0.25) is 10.0 Å². The van der Waals surface area contributed by atoms with E-state index in [-0.39, 0.29) is 27.2 Å². The predicted molar refractivity (Wildman–Crippen MR) is 111 cm³/mol. The van der Waals surface area contributed by atoms with Crippen LogP contribution in [0.15, 0.2) is 35.2 Å². The number of phenolic OH excluding ortho intramolecular Hbond substituents is 1. The minimum absolute atomic E-state index is 0.0223. The van der Waals surface area contributed by atoms with Gasteiger partial charge in [0, 0.05) is 17.8 Å². The summed E-state index contributed by atoms with van der Waals surface area (Å²) in [7, 11) is -4.00. The highest BCUT2D eigenvalue weighted by Gasteiger charge is 2.21. The van der Waals surface area contributed by atoms with Crippen LogP contribution in [0.1, 0.15) is 20.3 Å². The van der Waals surface area contributed by atoms with Gasteiger partial charge in [0.1, 0.15) is 22.8 Å². The molecule has 0 aliphatic heterocycles. The molecule has 12 heteroatoms. The zero-order valence-corrected chi connectivity index (χ0v) is 18.1. The van der Waals surface area contributed by atoms with Gasteiger partial charge in [-0.25, -0.2) is 13.1 Å². The van der Waals surface area contributed by atoms with Crippen LogP contribution in [0.5, 0.6) is 17.2 Å². The average molecular weight is 477 g/mol. The second-order valence-electron chi connectivity index (χ2n) is 6.40. The molecule has 1 amide bonds. The Morgan fingerprint density at radius 1 is 1.13 bits per heavy atom. The summed E-state index contributed by atoms with van der Waals surface area (Å²) in [6.45, 7) is 3.26. The average Bonchev–Trinajstić information content (AvgIpc) is 2.57. The van der Waals surface area contributed by atoms with Gasteiger partial charge in [0.15, 0.2) is 5.75 Å². The Hall–Kier alpha value is -2.53. The number of carboxylic acid groups (broad SMARTS) is 1. The number of hydrogen-bond donors (Lipinski definition) is 4. The SMILES string of the molecule is CC(C)NS(=O)(=O)c1cc(Oc2c(Cl)cc(NC(=O)CC(=O)O)cc2Cl)ccc1O. The Kier molecular flexibility index (Phi) is 7.54. The monoisotopic (exact) mass is 476 g/mol. The Morgan fingerprint density at radius 2 is 1.73 bits per heavy atom. The first-order valence-corrected chi connectivity index (χ1v) is 10.7. The summed E-state index contributed by atoms with van der Waals surface area (Å²) < 4.78 is 32.7. The minimum atomic E-state index is -4.00. The summed E-state index contributed by atoms with van der Waals surface area (Å²) in [4.78, 5) is 21.7. The number of hydrogen-bond acceptors (Lipinski definition) is 6. The van der Waals surface area contributed by atoms with Gasteiger partial charge in [0.25, 0.3) is 0 Å². The van der Waals surface area contributed by atoms with E-state index in [0.717, 1.165) is 12.1 Å². The molecule has 0 spiro atoms. The smallest absolute Gasteiger partial charge is 0.312 e. The van der Waals surface area contributed by atoms with E-state index < -0.39 is 45.0 Å². The molecule has 2 aromatic carbocycles. The third-order valence-corrected chi connectivity index (χ3v) is 5.67. The molecule has 0 heterocycles. The van der Waals surface area contributed by atoms with Gasteiger partial charge in [-0.3, -0.25) is 9.59 Å². The van der Waals surface area contributed by atoms with Crippen molar-refractivity contribution in [3.63, 3.8) is 0 Å². The molecule has 30 heavy (non-hydrogen) atoms. The number of carbonyl (C=O) groups excluding carboxylic acids is 1. The van der Waals surface area contributed by atoms with Crippen LogP contribution in [-0.4, -0.2) is 36.5 Å². The van der Waals surface area contributed by atoms with E-state index >= 15 is 0 Å². The minimum Gasteiger partial charge on any atom is -0.507 e. The number of anilines is 1. The molecule has 0 radical (unpaired) electrons. The van der Waals surface area contributed by atoms with Crippen molar-refractivity contribution in [3.8, 4) is 17.2 Å². The summed E-state index contributed by atoms with van der Waals surface area (Å²) in [5, 5.41) is 20.9. The molecule has 2 aromatic rings. The lowest BCUT2D eigenvalue weighted by molar-refractivity contribution is -0.139. The predicted octanol–water partition coefficient (Wildman–Crippen LogP) is 3.59. The van der Waals surface area contributed by atoms with Gasteiger partial charge in [0.2, 0.25) is 15.9 Å². The Balaban J connectivity index is 2.31. The summed E-state index contributed by atoms with van der Waals surface area (Å²) >= 11 is 12.3. The second kappa shape index (κ2) is 9.52. The fourth-order valence-corrected chi connectivity index (χ4v) is 4.26. The molecule has 4 N–H and O–H groups in total. The van der Waals surface area contributed by atoms with Gasteiger partial charge in [-0.05, 0) is 38.1 Å². The number of phenols is 1. The van der Waals surface area contributed by atoms with Crippen molar-refractivity contribution in [2.45, 2.75) is 31.2 Å². The first kappa shape index (κ1) is 23.7. The Morgan fingerprint density at radius 3 is 2.27 bits per heavy atom. The number of benzene rings is 2. The molecule has 0 saturated heterocycles. The number of carbonyl (C=O) groups is 2. The third-order valence-electron chi connectivity index (χ3n) is 3.43. The molecule has 0 bridgehead atoms. The summed E-state index contributed by atoms with van der Waals surface area (Å²) in [5.41, 5.74) is 0.152. The van der Waals surface area contributed by atoms with Gasteiger partial charge in [0.05, 0.1) is 10.0 Å². The summed E-state index contributed by atoms with van der Waals surface area (Å²) in [6, 6.07) is 5.76. The van der Waals surface area contributed by atoms with E-state index in [2.05, 4.69) is 10.0 Å². The molecule has 162 valence electrons. The normalized spacial score (nSPS) is 11.4. The van der Waals surface area contributed by atoms with Crippen LogP contribution in [0.3, 0.4) is 0 Å². The number of aliphatic carboxylic acids is 1. The van der Waals surface area contributed by atoms with Crippen LogP contribution in [0, 0.1) is 0 Å². The van der Waals surface area contributed by atoms with Gasteiger partial charge >= 0.3 is 5.97 Å². The lowest BCUT2D eigenvalue weighted by atomic mass is 10.2. The van der Waals surface area contributed by atoms with E-state index in [0.29, 0.717) is 0 Å². The number of carboxylic acids is 1. The van der Waals surface area contributed by atoms with Crippen molar-refractivity contribution in [3.05, 3.63) is 40.4 Å². The largest absolute Gasteiger partial charge is 0.507 e. The molecular formula is C18H18Cl2N2O7S. The molecule has 0 aliphatic carbocycles. The number of ether oxygens (including phenoxy) is 1. The van der Waals surface area contributed by atoms with E-state index in [4.69, 9.17) is 33.0 Å². The molecule has 0 atom stereocenters. The van der Waals surface area contributed by atoms with Crippen LogP contribution in [0.4, 0.5) is 5.69 Å². The second-order valence-corrected chi connectivity index (χ2v) is 8.89. The van der Waals surface area contributed by atoms with Gasteiger partial charge < -0.3 is 20.3 Å². The van der Waals surface area contributed by atoms with E-state index in [1.807, 2.05) is 0 Å². The van der Waals surface area contributed by atoms with Crippen LogP contribution in [-0.2, 0) is 19.6 Å². The number of halogens is 2. The highest BCUT2D eigenvalue weighted by molar-refractivity contribution is 7.89. The molecular weight excluding hydrogens is 459 g/mol. The highest BCUT2D eigenvalue weighted by Crippen LogP contribution is 2.40. The van der Waals surface area contributed by atoms with Gasteiger partial charge in [-0.1, -0.05) is 23.2 Å². The van der Waals surface area contributed by atoms with Crippen molar-refractivity contribution in [1.29, 1.82) is 0 Å². The number of amides is 1. The van der Waals surface area contributed by atoms with E-state index in [1.165, 1.54) is 18.2 Å². The highest BCUT2D eigenvalue weighted by atomic mass is 35.5. The fraction of sp³-hybridized carbons (Fsp3) is 0.222. The Bertz CT molecular complexity index is 1060. The van der Waals surface area contributed by atoms with Crippen LogP contribution >= 0.6 is 23.2 Å². The van der Waals surface area contributed by atoms with Crippen molar-refractivity contribution in [2.75, 3.05) is 5.32 Å². The molecule has 0 fully saturated rings. The Labute approximate surface area is 182 Å². The molecule has 0 aliphatic rings. The third kappa shape index (κ3) is 6.23. The maximum Gasteiger partial charge on any atom is 0.312 e. The number of sulfonamides is 1. The first-order valence-electron chi connectivity index (χ1n) is 8.43. The quantitative estimate of drug-likeness (QED) is 0.426. The van der Waals surface area contributed by atoms with Crippen molar-refractivity contribution in [1.82, 2.24) is 4.72 Å². The topological polar surface area (TPSA) is 142 Å². The molecule has 0 unspecified atom stereocenters. The first-order chi connectivity index (χ1) is 13.9. The van der Waals surface area contributed by atoms with Crippen LogP contribution < -0.4 is 14.8 Å². The van der Waals surface area contributed by atoms with Crippen molar-refractivity contribution < 1.29 is 33.0 Å². The zero-order valence-electron chi connectivity index (χ0n) is 15.8. The lowest BCUT2D eigenvalue weighted by Crippen LogP contribution is -2.30. The van der Waals surface area contributed by atoms with Crippen LogP contribution in [0.25, 0.3) is 0 Å².